The van der Waals surface area contributed by atoms with Gasteiger partial charge in [-0.2, -0.15) is 0 Å². The lowest BCUT2D eigenvalue weighted by Crippen LogP contribution is -2.28. The molecule has 0 unspecified atom stereocenters. The minimum atomic E-state index is -0.111. The maximum Gasteiger partial charge on any atom is 0.232 e. The molecule has 1 N–H and O–H groups in total. The second-order valence-corrected chi connectivity index (χ2v) is 3.38. The van der Waals surface area contributed by atoms with Crippen molar-refractivity contribution in [3.05, 3.63) is 18.1 Å². The summed E-state index contributed by atoms with van der Waals surface area (Å²) in [6.07, 6.45) is 3.08. The minimum Gasteiger partial charge on any atom is -0.475 e. The molecular formula is C11H19N3O2. The number of rotatable bonds is 7. The van der Waals surface area contributed by atoms with Crippen LogP contribution < -0.4 is 4.74 Å². The van der Waals surface area contributed by atoms with E-state index in [0.717, 1.165) is 19.6 Å². The minimum absolute atomic E-state index is 0.111. The predicted molar refractivity (Wildman–Crippen MR) is 61.2 cm³/mol. The van der Waals surface area contributed by atoms with Crippen molar-refractivity contribution in [1.82, 2.24) is 14.9 Å². The quantitative estimate of drug-likeness (QED) is 0.740. The van der Waals surface area contributed by atoms with Gasteiger partial charge in [0.1, 0.15) is 6.61 Å². The van der Waals surface area contributed by atoms with Crippen molar-refractivity contribution in [2.24, 2.45) is 0 Å². The second kappa shape index (κ2) is 7.14. The second-order valence-electron chi connectivity index (χ2n) is 3.38. The van der Waals surface area contributed by atoms with Crippen molar-refractivity contribution < 1.29 is 9.84 Å². The van der Waals surface area contributed by atoms with Crippen LogP contribution in [-0.4, -0.2) is 46.2 Å². The van der Waals surface area contributed by atoms with Gasteiger partial charge in [0.2, 0.25) is 5.88 Å². The summed E-state index contributed by atoms with van der Waals surface area (Å²) < 4.78 is 5.46. The largest absolute Gasteiger partial charge is 0.475 e. The van der Waals surface area contributed by atoms with E-state index in [9.17, 15) is 0 Å². The van der Waals surface area contributed by atoms with Crippen LogP contribution in [0.5, 0.6) is 5.88 Å². The number of aromatic nitrogens is 2. The predicted octanol–water partition coefficient (Wildman–Crippen LogP) is 0.689. The topological polar surface area (TPSA) is 58.5 Å². The van der Waals surface area contributed by atoms with E-state index in [1.54, 1.807) is 6.20 Å². The molecule has 0 bridgehead atoms. The van der Waals surface area contributed by atoms with Gasteiger partial charge in [-0.15, -0.1) is 0 Å². The van der Waals surface area contributed by atoms with Crippen LogP contribution in [0.1, 0.15) is 19.5 Å². The fourth-order valence-corrected chi connectivity index (χ4v) is 1.35. The Hall–Kier alpha value is -1.20. The first-order chi connectivity index (χ1) is 7.80. The van der Waals surface area contributed by atoms with Crippen molar-refractivity contribution in [3.63, 3.8) is 0 Å². The van der Waals surface area contributed by atoms with Gasteiger partial charge in [-0.3, -0.25) is 4.98 Å². The molecule has 0 atom stereocenters. The van der Waals surface area contributed by atoms with Gasteiger partial charge in [-0.05, 0) is 13.1 Å². The normalized spacial score (nSPS) is 10.8. The Labute approximate surface area is 96.1 Å². The van der Waals surface area contributed by atoms with Gasteiger partial charge < -0.3 is 14.7 Å². The van der Waals surface area contributed by atoms with Gasteiger partial charge >= 0.3 is 0 Å². The van der Waals surface area contributed by atoms with Gasteiger partial charge in [-0.1, -0.05) is 13.8 Å². The van der Waals surface area contributed by atoms with Crippen molar-refractivity contribution in [2.45, 2.75) is 20.5 Å². The Balaban J connectivity index is 2.36. The van der Waals surface area contributed by atoms with Crippen LogP contribution in [0, 0.1) is 0 Å². The summed E-state index contributed by atoms with van der Waals surface area (Å²) >= 11 is 0. The lowest BCUT2D eigenvalue weighted by molar-refractivity contribution is 0.215. The van der Waals surface area contributed by atoms with Crippen LogP contribution in [0.3, 0.4) is 0 Å². The monoisotopic (exact) mass is 225 g/mol. The molecule has 1 aromatic heterocycles. The zero-order chi connectivity index (χ0) is 11.8. The fraction of sp³-hybridized carbons (Fsp3) is 0.636. The van der Waals surface area contributed by atoms with Crippen molar-refractivity contribution in [1.29, 1.82) is 0 Å². The van der Waals surface area contributed by atoms with E-state index < -0.39 is 0 Å². The number of hydrogen-bond donors (Lipinski definition) is 1. The molecule has 1 rings (SSSR count). The zero-order valence-electron chi connectivity index (χ0n) is 9.89. The molecule has 0 fully saturated rings. The van der Waals surface area contributed by atoms with E-state index in [1.807, 2.05) is 0 Å². The van der Waals surface area contributed by atoms with Crippen LogP contribution in [0.15, 0.2) is 12.4 Å². The van der Waals surface area contributed by atoms with Crippen LogP contribution in [0.25, 0.3) is 0 Å². The van der Waals surface area contributed by atoms with E-state index >= 15 is 0 Å². The first-order valence-corrected chi connectivity index (χ1v) is 5.57. The summed E-state index contributed by atoms with van der Waals surface area (Å²) in [5, 5.41) is 8.89. The standard InChI is InChI=1S/C11H19N3O2/c1-3-14(4-2)5-6-16-11-8-12-7-10(9-15)13-11/h7-8,15H,3-6,9H2,1-2H3. The van der Waals surface area contributed by atoms with Crippen LogP contribution >= 0.6 is 0 Å². The summed E-state index contributed by atoms with van der Waals surface area (Å²) in [6, 6.07) is 0. The highest BCUT2D eigenvalue weighted by atomic mass is 16.5. The van der Waals surface area contributed by atoms with Gasteiger partial charge in [0.05, 0.1) is 24.7 Å². The molecule has 0 saturated heterocycles. The van der Waals surface area contributed by atoms with E-state index in [1.165, 1.54) is 6.20 Å². The van der Waals surface area contributed by atoms with Gasteiger partial charge in [0.25, 0.3) is 0 Å². The van der Waals surface area contributed by atoms with Crippen LogP contribution in [0.4, 0.5) is 0 Å². The van der Waals surface area contributed by atoms with E-state index in [0.29, 0.717) is 18.2 Å². The molecular weight excluding hydrogens is 206 g/mol. The van der Waals surface area contributed by atoms with Crippen LogP contribution in [0.2, 0.25) is 0 Å². The molecule has 0 amide bonds. The first kappa shape index (κ1) is 12.9. The van der Waals surface area contributed by atoms with Crippen molar-refractivity contribution >= 4 is 0 Å². The Morgan fingerprint density at radius 1 is 1.31 bits per heavy atom. The van der Waals surface area contributed by atoms with Gasteiger partial charge in [0.15, 0.2) is 0 Å². The van der Waals surface area contributed by atoms with Gasteiger partial charge in [-0.25, -0.2) is 4.98 Å². The maximum absolute atomic E-state index is 8.89. The van der Waals surface area contributed by atoms with Gasteiger partial charge in [0, 0.05) is 6.54 Å². The Kier molecular flexibility index (Phi) is 5.74. The molecule has 0 saturated carbocycles. The Morgan fingerprint density at radius 2 is 2.06 bits per heavy atom. The highest BCUT2D eigenvalue weighted by molar-refractivity contribution is 5.07. The molecule has 5 nitrogen and oxygen atoms in total. The molecule has 1 aromatic rings. The average Bonchev–Trinajstić information content (AvgIpc) is 2.35. The van der Waals surface area contributed by atoms with Crippen molar-refractivity contribution in [2.75, 3.05) is 26.2 Å². The molecule has 1 heterocycles. The lowest BCUT2D eigenvalue weighted by Gasteiger charge is -2.17. The smallest absolute Gasteiger partial charge is 0.232 e. The molecule has 0 aliphatic rings. The summed E-state index contributed by atoms with van der Waals surface area (Å²) in [7, 11) is 0. The number of hydrogen-bond acceptors (Lipinski definition) is 5. The van der Waals surface area contributed by atoms with Crippen LogP contribution in [-0.2, 0) is 6.61 Å². The third-order valence-corrected chi connectivity index (χ3v) is 2.38. The number of nitrogens with zero attached hydrogens (tertiary/aromatic N) is 3. The van der Waals surface area contributed by atoms with Crippen molar-refractivity contribution in [3.8, 4) is 5.88 Å². The summed E-state index contributed by atoms with van der Waals surface area (Å²) in [4.78, 5) is 10.3. The van der Waals surface area contributed by atoms with E-state index in [2.05, 4.69) is 28.7 Å². The fourth-order valence-electron chi connectivity index (χ4n) is 1.35. The molecule has 0 aliphatic heterocycles. The Bertz CT molecular complexity index is 303. The molecule has 90 valence electrons. The van der Waals surface area contributed by atoms with E-state index in [4.69, 9.17) is 9.84 Å². The molecule has 5 heteroatoms. The molecule has 0 aromatic carbocycles. The number of likely N-dealkylation sites (N-methyl/N-ethyl adjacent to an activating group) is 1. The average molecular weight is 225 g/mol. The summed E-state index contributed by atoms with van der Waals surface area (Å²) in [6.45, 7) is 7.62. The Morgan fingerprint density at radius 3 is 2.69 bits per heavy atom. The lowest BCUT2D eigenvalue weighted by atomic mass is 10.5. The van der Waals surface area contributed by atoms with E-state index in [-0.39, 0.29) is 6.61 Å². The summed E-state index contributed by atoms with van der Waals surface area (Å²) in [5.74, 6) is 0.471. The highest BCUT2D eigenvalue weighted by Gasteiger charge is 2.01. The molecule has 16 heavy (non-hydrogen) atoms. The maximum atomic E-state index is 8.89. The highest BCUT2D eigenvalue weighted by Crippen LogP contribution is 2.04. The molecule has 0 radical (unpaired) electrons. The molecule has 0 spiro atoms. The summed E-state index contributed by atoms with van der Waals surface area (Å²) in [5.41, 5.74) is 0.528. The number of ether oxygens (including phenoxy) is 1. The SMILES string of the molecule is CCN(CC)CCOc1cncc(CO)n1. The first-order valence-electron chi connectivity index (χ1n) is 5.57. The third-order valence-electron chi connectivity index (χ3n) is 2.38. The third kappa shape index (κ3) is 4.12. The zero-order valence-corrected chi connectivity index (χ0v) is 9.89. The molecule has 0 aliphatic carbocycles. The number of aliphatic hydroxyl groups is 1. The number of aliphatic hydroxyl groups excluding tert-OH is 1.